The van der Waals surface area contributed by atoms with Gasteiger partial charge in [-0.25, -0.2) is 13.8 Å². The molecule has 18 heavy (non-hydrogen) atoms. The van der Waals surface area contributed by atoms with E-state index in [0.29, 0.717) is 12.1 Å². The summed E-state index contributed by atoms with van der Waals surface area (Å²) in [5.41, 5.74) is 2.18. The second kappa shape index (κ2) is 3.88. The number of aromatic amines is 1. The van der Waals surface area contributed by atoms with Crippen molar-refractivity contribution < 1.29 is 8.78 Å². The molecule has 1 aliphatic heterocycles. The number of halogens is 2. The number of H-pyrrole nitrogens is 1. The molecule has 0 fully saturated rings. The molecule has 1 N–H and O–H groups in total. The number of nitrogens with one attached hydrogen (secondary N) is 1. The molecular formula is C13H13F2N3. The van der Waals surface area contributed by atoms with Gasteiger partial charge in [0.25, 0.3) is 5.92 Å². The number of fused-ring (bicyclic) bond motifs is 1. The molecule has 94 valence electrons. The maximum atomic E-state index is 13.6. The minimum Gasteiger partial charge on any atom is -0.346 e. The molecular weight excluding hydrogens is 236 g/mol. The van der Waals surface area contributed by atoms with Crippen LogP contribution in [0.1, 0.15) is 5.56 Å². The van der Waals surface area contributed by atoms with Gasteiger partial charge in [-0.05, 0) is 30.8 Å². The predicted molar refractivity (Wildman–Crippen MR) is 66.5 cm³/mol. The highest BCUT2D eigenvalue weighted by Crippen LogP contribution is 2.32. The zero-order valence-electron chi connectivity index (χ0n) is 9.95. The quantitative estimate of drug-likeness (QED) is 0.842. The molecule has 0 aliphatic carbocycles. The van der Waals surface area contributed by atoms with Gasteiger partial charge in [0.05, 0.1) is 6.54 Å². The van der Waals surface area contributed by atoms with Crippen molar-refractivity contribution >= 4 is 16.6 Å². The van der Waals surface area contributed by atoms with E-state index in [4.69, 9.17) is 0 Å². The Morgan fingerprint density at radius 3 is 3.06 bits per heavy atom. The molecule has 0 spiro atoms. The van der Waals surface area contributed by atoms with Gasteiger partial charge in [-0.1, -0.05) is 0 Å². The Labute approximate surface area is 103 Å². The summed E-state index contributed by atoms with van der Waals surface area (Å²) in [6.07, 6.45) is 4.50. The zero-order chi connectivity index (χ0) is 12.8. The standard InChI is InChI=1S/C13H13F2N3/c1-18-7-9(5-13(14,15)8-18)11-6-17-12-10(11)3-2-4-16-12/h2-6H,7-8H2,1H3,(H,16,17). The van der Waals surface area contributed by atoms with Gasteiger partial charge in [0.15, 0.2) is 0 Å². The van der Waals surface area contributed by atoms with Crippen LogP contribution in [0.3, 0.4) is 0 Å². The van der Waals surface area contributed by atoms with Crippen molar-refractivity contribution in [2.75, 3.05) is 20.1 Å². The van der Waals surface area contributed by atoms with E-state index < -0.39 is 5.92 Å². The second-order valence-electron chi connectivity index (χ2n) is 4.70. The highest BCUT2D eigenvalue weighted by atomic mass is 19.3. The number of alkyl halides is 2. The molecule has 0 amide bonds. The summed E-state index contributed by atoms with van der Waals surface area (Å²) in [4.78, 5) is 8.81. The van der Waals surface area contributed by atoms with Gasteiger partial charge in [-0.2, -0.15) is 0 Å². The Morgan fingerprint density at radius 2 is 2.28 bits per heavy atom. The minimum atomic E-state index is -2.77. The van der Waals surface area contributed by atoms with Crippen molar-refractivity contribution in [3.63, 3.8) is 0 Å². The number of likely N-dealkylation sites (N-methyl/N-ethyl adjacent to an activating group) is 1. The smallest absolute Gasteiger partial charge is 0.279 e. The maximum absolute atomic E-state index is 13.6. The first kappa shape index (κ1) is 11.3. The van der Waals surface area contributed by atoms with Crippen LogP contribution in [0.15, 0.2) is 30.6 Å². The normalized spacial score (nSPS) is 20.1. The molecule has 1 aliphatic rings. The lowest BCUT2D eigenvalue weighted by Crippen LogP contribution is -2.38. The van der Waals surface area contributed by atoms with Crippen LogP contribution in [0.5, 0.6) is 0 Å². The van der Waals surface area contributed by atoms with E-state index in [-0.39, 0.29) is 6.54 Å². The lowest BCUT2D eigenvalue weighted by atomic mass is 10.00. The largest absolute Gasteiger partial charge is 0.346 e. The number of nitrogens with zero attached hydrogens (tertiary/aromatic N) is 2. The Bertz CT molecular complexity index is 615. The highest BCUT2D eigenvalue weighted by Gasteiger charge is 2.33. The van der Waals surface area contributed by atoms with Crippen LogP contribution in [0, 0.1) is 0 Å². The van der Waals surface area contributed by atoms with Crippen LogP contribution in [0.2, 0.25) is 0 Å². The molecule has 0 bridgehead atoms. The highest BCUT2D eigenvalue weighted by molar-refractivity contribution is 5.91. The van der Waals surface area contributed by atoms with Gasteiger partial charge >= 0.3 is 0 Å². The molecule has 3 rings (SSSR count). The van der Waals surface area contributed by atoms with Gasteiger partial charge in [0, 0.05) is 29.9 Å². The summed E-state index contributed by atoms with van der Waals surface area (Å²) in [6, 6.07) is 3.70. The average molecular weight is 249 g/mol. The number of rotatable bonds is 1. The van der Waals surface area contributed by atoms with E-state index in [1.807, 2.05) is 12.1 Å². The van der Waals surface area contributed by atoms with Crippen LogP contribution in [0.25, 0.3) is 16.6 Å². The van der Waals surface area contributed by atoms with E-state index in [9.17, 15) is 8.78 Å². The van der Waals surface area contributed by atoms with Gasteiger partial charge in [-0.15, -0.1) is 0 Å². The monoisotopic (exact) mass is 249 g/mol. The fourth-order valence-corrected chi connectivity index (χ4v) is 2.44. The molecule has 0 saturated carbocycles. The molecule has 0 saturated heterocycles. The minimum absolute atomic E-state index is 0.225. The van der Waals surface area contributed by atoms with Crippen LogP contribution < -0.4 is 0 Å². The van der Waals surface area contributed by atoms with Crippen molar-refractivity contribution in [1.82, 2.24) is 14.9 Å². The molecule has 0 atom stereocenters. The van der Waals surface area contributed by atoms with E-state index in [1.165, 1.54) is 0 Å². The van der Waals surface area contributed by atoms with Crippen LogP contribution in [-0.2, 0) is 0 Å². The van der Waals surface area contributed by atoms with Crippen molar-refractivity contribution in [1.29, 1.82) is 0 Å². The lowest BCUT2D eigenvalue weighted by molar-refractivity contribution is 0.0184. The fourth-order valence-electron chi connectivity index (χ4n) is 2.44. The van der Waals surface area contributed by atoms with E-state index in [1.54, 1.807) is 24.3 Å². The van der Waals surface area contributed by atoms with Crippen molar-refractivity contribution in [3.8, 4) is 0 Å². The third-order valence-electron chi connectivity index (χ3n) is 3.10. The molecule has 3 heterocycles. The Morgan fingerprint density at radius 1 is 1.44 bits per heavy atom. The predicted octanol–water partition coefficient (Wildman–Crippen LogP) is 2.53. The van der Waals surface area contributed by atoms with Crippen LogP contribution in [0.4, 0.5) is 8.78 Å². The summed E-state index contributed by atoms with van der Waals surface area (Å²) >= 11 is 0. The van der Waals surface area contributed by atoms with Crippen LogP contribution >= 0.6 is 0 Å². The molecule has 3 nitrogen and oxygen atoms in total. The van der Waals surface area contributed by atoms with Crippen molar-refractivity contribution in [2.24, 2.45) is 0 Å². The first-order chi connectivity index (χ1) is 8.55. The van der Waals surface area contributed by atoms with E-state index in [0.717, 1.165) is 22.7 Å². The van der Waals surface area contributed by atoms with Gasteiger partial charge in [-0.3, -0.25) is 4.90 Å². The third-order valence-corrected chi connectivity index (χ3v) is 3.10. The number of hydrogen-bond donors (Lipinski definition) is 1. The molecule has 0 aromatic carbocycles. The summed E-state index contributed by atoms with van der Waals surface area (Å²) in [6.45, 7) is 0.300. The zero-order valence-corrected chi connectivity index (χ0v) is 9.95. The van der Waals surface area contributed by atoms with Gasteiger partial charge in [0.2, 0.25) is 0 Å². The van der Waals surface area contributed by atoms with Crippen molar-refractivity contribution in [2.45, 2.75) is 5.92 Å². The van der Waals surface area contributed by atoms with Gasteiger partial charge < -0.3 is 4.98 Å². The Kier molecular flexibility index (Phi) is 2.45. The fraction of sp³-hybridized carbons (Fsp3) is 0.308. The second-order valence-corrected chi connectivity index (χ2v) is 4.70. The number of hydrogen-bond acceptors (Lipinski definition) is 2. The topological polar surface area (TPSA) is 31.9 Å². The third kappa shape index (κ3) is 1.90. The molecule has 5 heteroatoms. The molecule has 2 aromatic rings. The maximum Gasteiger partial charge on any atom is 0.279 e. The average Bonchev–Trinajstić information content (AvgIpc) is 2.69. The van der Waals surface area contributed by atoms with E-state index >= 15 is 0 Å². The number of aromatic nitrogens is 2. The first-order valence-electron chi connectivity index (χ1n) is 5.76. The summed E-state index contributed by atoms with van der Waals surface area (Å²) in [7, 11) is 1.70. The Balaban J connectivity index is 2.12. The number of pyridine rings is 1. The molecule has 0 unspecified atom stereocenters. The Hall–Kier alpha value is -1.75. The summed E-state index contributed by atoms with van der Waals surface area (Å²) < 4.78 is 27.1. The molecule has 0 radical (unpaired) electrons. The SMILES string of the molecule is CN1CC(c2c[nH]c3ncccc23)=CC(F)(F)C1. The van der Waals surface area contributed by atoms with E-state index in [2.05, 4.69) is 9.97 Å². The lowest BCUT2D eigenvalue weighted by Gasteiger charge is -2.28. The summed E-state index contributed by atoms with van der Waals surface area (Å²) in [5, 5.41) is 0.884. The van der Waals surface area contributed by atoms with Crippen LogP contribution in [-0.4, -0.2) is 40.9 Å². The first-order valence-corrected chi connectivity index (χ1v) is 5.76. The molecule has 2 aromatic heterocycles. The van der Waals surface area contributed by atoms with Gasteiger partial charge in [0.1, 0.15) is 5.65 Å². The van der Waals surface area contributed by atoms with Crippen molar-refractivity contribution in [3.05, 3.63) is 36.2 Å². The summed E-state index contributed by atoms with van der Waals surface area (Å²) in [5.74, 6) is -2.77.